The molecule has 0 saturated heterocycles. The lowest BCUT2D eigenvalue weighted by Crippen LogP contribution is -2.09. The van der Waals surface area contributed by atoms with Crippen molar-refractivity contribution in [1.82, 2.24) is 9.97 Å². The quantitative estimate of drug-likeness (QED) is 0.466. The lowest BCUT2D eigenvalue weighted by molar-refractivity contribution is -0.137. The van der Waals surface area contributed by atoms with Crippen LogP contribution in [0, 0.1) is 20.8 Å². The molecule has 0 aliphatic carbocycles. The molecule has 178 valence electrons. The van der Waals surface area contributed by atoms with Gasteiger partial charge in [-0.2, -0.15) is 18.7 Å². The Hall–Kier alpha value is -3.75. The molecule has 0 bridgehead atoms. The predicted octanol–water partition coefficient (Wildman–Crippen LogP) is 5.23. The number of ether oxygens (including phenoxy) is 2. The molecule has 9 heteroatoms. The van der Waals surface area contributed by atoms with E-state index in [-0.39, 0.29) is 18.3 Å². The first-order chi connectivity index (χ1) is 16.2. The van der Waals surface area contributed by atoms with Gasteiger partial charge in [0, 0.05) is 35.3 Å². The van der Waals surface area contributed by atoms with Crippen molar-refractivity contribution in [3.63, 3.8) is 0 Å². The Balaban J connectivity index is 1.53. The molecular weight excluding hydrogens is 444 g/mol. The van der Waals surface area contributed by atoms with Crippen LogP contribution in [0.3, 0.4) is 0 Å². The van der Waals surface area contributed by atoms with Gasteiger partial charge in [-0.3, -0.25) is 4.79 Å². The van der Waals surface area contributed by atoms with E-state index >= 15 is 0 Å². The lowest BCUT2D eigenvalue weighted by Gasteiger charge is -2.16. The van der Waals surface area contributed by atoms with E-state index in [2.05, 4.69) is 20.0 Å². The number of carboxylic acids is 1. The minimum absolute atomic E-state index is 0.0452. The molecule has 1 atom stereocenters. The van der Waals surface area contributed by atoms with Crippen molar-refractivity contribution in [2.24, 2.45) is 0 Å². The van der Waals surface area contributed by atoms with Crippen LogP contribution in [-0.2, 0) is 11.3 Å². The van der Waals surface area contributed by atoms with Gasteiger partial charge in [-0.05, 0) is 43.5 Å². The molecule has 3 aromatic rings. The summed E-state index contributed by atoms with van der Waals surface area (Å²) >= 11 is 0. The monoisotopic (exact) mass is 469 g/mol. The van der Waals surface area contributed by atoms with Gasteiger partial charge < -0.3 is 19.9 Å². The molecular formula is C25H25F2N3O4. The summed E-state index contributed by atoms with van der Waals surface area (Å²) in [6.45, 7) is 3.42. The number of aromatic nitrogens is 2. The predicted molar refractivity (Wildman–Crippen MR) is 123 cm³/mol. The third-order valence-electron chi connectivity index (χ3n) is 5.96. The van der Waals surface area contributed by atoms with Gasteiger partial charge in [0.2, 0.25) is 0 Å². The first-order valence-corrected chi connectivity index (χ1v) is 10.8. The number of carbonyl (C=O) groups is 1. The fraction of sp³-hybridized carbons (Fsp3) is 0.320. The second-order valence-corrected chi connectivity index (χ2v) is 8.23. The fourth-order valence-electron chi connectivity index (χ4n) is 4.32. The number of nitrogens with zero attached hydrogens (tertiary/aromatic N) is 2. The summed E-state index contributed by atoms with van der Waals surface area (Å²) in [7, 11) is 0. The van der Waals surface area contributed by atoms with Gasteiger partial charge in [0.05, 0.1) is 24.4 Å². The van der Waals surface area contributed by atoms with Crippen LogP contribution < -0.4 is 14.8 Å². The number of alkyl halides is 2. The Morgan fingerprint density at radius 2 is 1.94 bits per heavy atom. The van der Waals surface area contributed by atoms with Gasteiger partial charge in [0.1, 0.15) is 5.75 Å². The number of carboxylic acid groups (broad SMARTS) is 1. The normalized spacial score (nSPS) is 14.6. The number of hydrogen-bond donors (Lipinski definition) is 2. The third-order valence-corrected chi connectivity index (χ3v) is 5.96. The van der Waals surface area contributed by atoms with Crippen LogP contribution in [0.1, 0.15) is 40.4 Å². The summed E-state index contributed by atoms with van der Waals surface area (Å²) in [6, 6.07) is 11.3. The number of hydrogen-bond acceptors (Lipinski definition) is 6. The van der Waals surface area contributed by atoms with E-state index in [1.54, 1.807) is 13.8 Å². The van der Waals surface area contributed by atoms with Gasteiger partial charge in [0.25, 0.3) is 0 Å². The maximum absolute atomic E-state index is 12.6. The molecule has 1 aliphatic heterocycles. The summed E-state index contributed by atoms with van der Waals surface area (Å²) in [5.74, 6) is -0.269. The van der Waals surface area contributed by atoms with Crippen molar-refractivity contribution in [3.8, 4) is 22.9 Å². The molecule has 7 nitrogen and oxygen atoms in total. The summed E-state index contributed by atoms with van der Waals surface area (Å²) in [5, 5.41) is 12.5. The van der Waals surface area contributed by atoms with Crippen LogP contribution in [0.2, 0.25) is 0 Å². The average Bonchev–Trinajstić information content (AvgIpc) is 3.14. The van der Waals surface area contributed by atoms with Crippen LogP contribution in [0.15, 0.2) is 36.4 Å². The first-order valence-electron chi connectivity index (χ1n) is 10.8. The van der Waals surface area contributed by atoms with E-state index < -0.39 is 12.6 Å². The van der Waals surface area contributed by atoms with E-state index in [0.717, 1.165) is 33.5 Å². The molecule has 2 heterocycles. The second kappa shape index (κ2) is 9.62. The molecule has 2 N–H and O–H groups in total. The maximum Gasteiger partial charge on any atom is 0.389 e. The Labute approximate surface area is 195 Å². The van der Waals surface area contributed by atoms with Crippen molar-refractivity contribution < 1.29 is 28.2 Å². The van der Waals surface area contributed by atoms with E-state index in [0.29, 0.717) is 30.3 Å². The Morgan fingerprint density at radius 1 is 1.21 bits per heavy atom. The van der Waals surface area contributed by atoms with Crippen LogP contribution in [0.25, 0.3) is 11.1 Å². The molecule has 1 aliphatic rings. The topological polar surface area (TPSA) is 93.6 Å². The highest BCUT2D eigenvalue weighted by Crippen LogP contribution is 2.38. The van der Waals surface area contributed by atoms with Crippen molar-refractivity contribution in [2.45, 2.75) is 46.3 Å². The Bertz CT molecular complexity index is 1210. The highest BCUT2D eigenvalue weighted by Gasteiger charge is 2.26. The second-order valence-electron chi connectivity index (χ2n) is 8.23. The molecule has 0 radical (unpaired) electrons. The number of benzene rings is 2. The molecule has 0 amide bonds. The molecule has 0 unspecified atom stereocenters. The largest absolute Gasteiger partial charge is 0.493 e. The van der Waals surface area contributed by atoms with E-state index in [1.807, 2.05) is 43.3 Å². The molecule has 1 aromatic heterocycles. The zero-order chi connectivity index (χ0) is 24.4. The highest BCUT2D eigenvalue weighted by molar-refractivity contribution is 5.73. The average molecular weight is 469 g/mol. The van der Waals surface area contributed by atoms with Gasteiger partial charge in [-0.25, -0.2) is 0 Å². The van der Waals surface area contributed by atoms with Crippen LogP contribution in [0.5, 0.6) is 11.8 Å². The van der Waals surface area contributed by atoms with Gasteiger partial charge in [0.15, 0.2) is 0 Å². The SMILES string of the molecule is Cc1nc(OC(F)F)nc(C)c1-c1cccc(CNc2ccc3c(c2)OC[C@H]3CC(=O)O)c1C. The number of aryl methyl sites for hydroxylation is 2. The van der Waals surface area contributed by atoms with E-state index in [1.165, 1.54) is 0 Å². The first kappa shape index (κ1) is 23.4. The number of aliphatic carboxylic acids is 1. The minimum Gasteiger partial charge on any atom is -0.493 e. The number of halogens is 2. The van der Waals surface area contributed by atoms with Gasteiger partial charge in [-0.15, -0.1) is 0 Å². The summed E-state index contributed by atoms with van der Waals surface area (Å²) in [5.41, 5.74) is 6.68. The number of fused-ring (bicyclic) bond motifs is 1. The standard InChI is InChI=1S/C25H25F2N3O4/c1-13-16(11-28-18-7-8-20-17(9-22(31)32)12-33-21(20)10-18)5-4-6-19(13)23-14(2)29-25(30-15(23)3)34-24(26)27/h4-8,10,17,24,28H,9,11-12H2,1-3H3,(H,31,32)/t17-/m1/s1. The molecule has 2 aromatic carbocycles. The molecule has 0 spiro atoms. The smallest absolute Gasteiger partial charge is 0.389 e. The number of anilines is 1. The summed E-state index contributed by atoms with van der Waals surface area (Å²) in [4.78, 5) is 19.2. The van der Waals surface area contributed by atoms with E-state index in [4.69, 9.17) is 9.84 Å². The number of nitrogens with one attached hydrogen (secondary N) is 1. The van der Waals surface area contributed by atoms with Crippen molar-refractivity contribution in [2.75, 3.05) is 11.9 Å². The number of rotatable bonds is 8. The molecule has 0 saturated carbocycles. The third kappa shape index (κ3) is 4.93. The molecule has 4 rings (SSSR count). The molecule has 0 fully saturated rings. The van der Waals surface area contributed by atoms with Crippen LogP contribution in [0.4, 0.5) is 14.5 Å². The molecule has 34 heavy (non-hydrogen) atoms. The van der Waals surface area contributed by atoms with Crippen molar-refractivity contribution in [1.29, 1.82) is 0 Å². The highest BCUT2D eigenvalue weighted by atomic mass is 19.3. The van der Waals surface area contributed by atoms with Gasteiger partial charge >= 0.3 is 18.6 Å². The Morgan fingerprint density at radius 3 is 2.62 bits per heavy atom. The Kier molecular flexibility index (Phi) is 6.63. The van der Waals surface area contributed by atoms with E-state index in [9.17, 15) is 13.6 Å². The minimum atomic E-state index is -2.98. The summed E-state index contributed by atoms with van der Waals surface area (Å²) in [6.07, 6.45) is 0.0452. The summed E-state index contributed by atoms with van der Waals surface area (Å²) < 4.78 is 35.2. The van der Waals surface area contributed by atoms with Crippen molar-refractivity contribution in [3.05, 3.63) is 64.5 Å². The maximum atomic E-state index is 12.6. The fourth-order valence-corrected chi connectivity index (χ4v) is 4.32. The van der Waals surface area contributed by atoms with Crippen LogP contribution >= 0.6 is 0 Å². The zero-order valence-corrected chi connectivity index (χ0v) is 19.1. The van der Waals surface area contributed by atoms with Gasteiger partial charge in [-0.1, -0.05) is 24.3 Å². The zero-order valence-electron chi connectivity index (χ0n) is 19.1. The van der Waals surface area contributed by atoms with Crippen molar-refractivity contribution >= 4 is 11.7 Å². The van der Waals surface area contributed by atoms with Crippen LogP contribution in [-0.4, -0.2) is 34.3 Å². The lowest BCUT2D eigenvalue weighted by atomic mass is 9.94.